The van der Waals surface area contributed by atoms with Crippen molar-refractivity contribution < 1.29 is 9.53 Å². The fourth-order valence-electron chi connectivity index (χ4n) is 2.83. The highest BCUT2D eigenvalue weighted by Crippen LogP contribution is 2.27. The molecule has 4 nitrogen and oxygen atoms in total. The van der Waals surface area contributed by atoms with Gasteiger partial charge in [0.05, 0.1) is 0 Å². The molecule has 4 heteroatoms. The van der Waals surface area contributed by atoms with Gasteiger partial charge < -0.3 is 10.1 Å². The summed E-state index contributed by atoms with van der Waals surface area (Å²) >= 11 is 0. The Morgan fingerprint density at radius 3 is 2.75 bits per heavy atom. The van der Waals surface area contributed by atoms with Gasteiger partial charge in [0.2, 0.25) is 11.8 Å². The molecule has 2 saturated carbocycles. The number of carbonyl (C=O) groups excluding carboxylic acids is 1. The Morgan fingerprint density at radius 1 is 1.25 bits per heavy atom. The van der Waals surface area contributed by atoms with Crippen molar-refractivity contribution in [1.82, 2.24) is 10.3 Å². The summed E-state index contributed by atoms with van der Waals surface area (Å²) in [6.07, 6.45) is 10.0. The summed E-state index contributed by atoms with van der Waals surface area (Å²) in [5, 5.41) is 3.01. The lowest BCUT2D eigenvalue weighted by Crippen LogP contribution is -2.34. The molecule has 2 fully saturated rings. The Labute approximate surface area is 119 Å². The first-order chi connectivity index (χ1) is 9.83. The minimum absolute atomic E-state index is 0.173. The molecule has 0 radical (unpaired) electrons. The van der Waals surface area contributed by atoms with Crippen LogP contribution in [0.15, 0.2) is 18.3 Å². The standard InChI is InChI=1S/C16H22N2O2/c19-15(12-5-3-6-12)18-11-13-7-4-10-17-16(13)20-14-8-1-2-9-14/h4,7,10,12,14H,1-3,5-6,8-9,11H2,(H,18,19). The predicted octanol–water partition coefficient (Wildman–Crippen LogP) is 2.82. The Balaban J connectivity index is 1.58. The van der Waals surface area contributed by atoms with Crippen molar-refractivity contribution in [1.29, 1.82) is 0 Å². The summed E-state index contributed by atoms with van der Waals surface area (Å²) < 4.78 is 5.98. The van der Waals surface area contributed by atoms with Gasteiger partial charge in [0.1, 0.15) is 6.10 Å². The van der Waals surface area contributed by atoms with E-state index in [-0.39, 0.29) is 11.8 Å². The van der Waals surface area contributed by atoms with E-state index in [1.54, 1.807) is 6.20 Å². The van der Waals surface area contributed by atoms with E-state index in [2.05, 4.69) is 10.3 Å². The monoisotopic (exact) mass is 274 g/mol. The normalized spacial score (nSPS) is 19.6. The molecule has 0 bridgehead atoms. The fourth-order valence-corrected chi connectivity index (χ4v) is 2.83. The summed E-state index contributed by atoms with van der Waals surface area (Å²) in [6.45, 7) is 0.519. The SMILES string of the molecule is O=C(NCc1cccnc1OC1CCCC1)C1CCC1. The quantitative estimate of drug-likeness (QED) is 0.898. The van der Waals surface area contributed by atoms with Crippen LogP contribution in [0.5, 0.6) is 5.88 Å². The second-order valence-electron chi connectivity index (χ2n) is 5.84. The average Bonchev–Trinajstić information content (AvgIpc) is 2.88. The molecule has 108 valence electrons. The minimum Gasteiger partial charge on any atom is -0.474 e. The molecular formula is C16H22N2O2. The molecule has 2 aliphatic rings. The van der Waals surface area contributed by atoms with E-state index < -0.39 is 0 Å². The molecule has 2 aliphatic carbocycles. The highest BCUT2D eigenvalue weighted by Gasteiger charge is 2.25. The van der Waals surface area contributed by atoms with E-state index in [4.69, 9.17) is 4.74 Å². The Hall–Kier alpha value is -1.58. The van der Waals surface area contributed by atoms with Crippen LogP contribution in [0.4, 0.5) is 0 Å². The third-order valence-electron chi connectivity index (χ3n) is 4.36. The third-order valence-corrected chi connectivity index (χ3v) is 4.36. The molecule has 0 aromatic carbocycles. The summed E-state index contributed by atoms with van der Waals surface area (Å²) in [7, 11) is 0. The topological polar surface area (TPSA) is 51.2 Å². The zero-order valence-electron chi connectivity index (χ0n) is 11.8. The molecule has 1 heterocycles. The molecule has 1 N–H and O–H groups in total. The smallest absolute Gasteiger partial charge is 0.223 e. The molecule has 0 aliphatic heterocycles. The van der Waals surface area contributed by atoms with Gasteiger partial charge in [0.15, 0.2) is 0 Å². The van der Waals surface area contributed by atoms with Crippen LogP contribution < -0.4 is 10.1 Å². The maximum atomic E-state index is 11.9. The van der Waals surface area contributed by atoms with Gasteiger partial charge in [0, 0.05) is 24.2 Å². The first kappa shape index (κ1) is 13.4. The molecular weight excluding hydrogens is 252 g/mol. The first-order valence-corrected chi connectivity index (χ1v) is 7.71. The fraction of sp³-hybridized carbons (Fsp3) is 0.625. The Bertz CT molecular complexity index is 465. The van der Waals surface area contributed by atoms with Gasteiger partial charge in [-0.05, 0) is 44.6 Å². The third kappa shape index (κ3) is 3.11. The Morgan fingerprint density at radius 2 is 2.05 bits per heavy atom. The summed E-state index contributed by atoms with van der Waals surface area (Å²) in [5.41, 5.74) is 0.979. The van der Waals surface area contributed by atoms with Gasteiger partial charge in [-0.25, -0.2) is 4.98 Å². The van der Waals surface area contributed by atoms with Crippen LogP contribution in [0.1, 0.15) is 50.5 Å². The molecule has 3 rings (SSSR count). The molecule has 0 saturated heterocycles. The number of hydrogen-bond acceptors (Lipinski definition) is 3. The number of nitrogens with one attached hydrogen (secondary N) is 1. The van der Waals surface area contributed by atoms with E-state index >= 15 is 0 Å². The van der Waals surface area contributed by atoms with Crippen LogP contribution in [-0.2, 0) is 11.3 Å². The van der Waals surface area contributed by atoms with E-state index in [0.29, 0.717) is 18.5 Å². The largest absolute Gasteiger partial charge is 0.474 e. The number of rotatable bonds is 5. The number of aromatic nitrogens is 1. The van der Waals surface area contributed by atoms with E-state index in [0.717, 1.165) is 31.2 Å². The zero-order chi connectivity index (χ0) is 13.8. The molecule has 0 unspecified atom stereocenters. The summed E-state index contributed by atoms with van der Waals surface area (Å²) in [4.78, 5) is 16.2. The number of nitrogens with zero attached hydrogens (tertiary/aromatic N) is 1. The van der Waals surface area contributed by atoms with Gasteiger partial charge in [-0.2, -0.15) is 0 Å². The van der Waals surface area contributed by atoms with Crippen molar-refractivity contribution in [3.63, 3.8) is 0 Å². The average molecular weight is 274 g/mol. The molecule has 1 amide bonds. The molecule has 1 aromatic heterocycles. The summed E-state index contributed by atoms with van der Waals surface area (Å²) in [6, 6.07) is 3.88. The van der Waals surface area contributed by atoms with Crippen LogP contribution in [-0.4, -0.2) is 17.0 Å². The molecule has 1 aromatic rings. The van der Waals surface area contributed by atoms with Crippen LogP contribution >= 0.6 is 0 Å². The number of pyridine rings is 1. The Kier molecular flexibility index (Phi) is 4.19. The van der Waals surface area contributed by atoms with Gasteiger partial charge in [0.25, 0.3) is 0 Å². The number of ether oxygens (including phenoxy) is 1. The van der Waals surface area contributed by atoms with Crippen LogP contribution in [0.25, 0.3) is 0 Å². The van der Waals surface area contributed by atoms with Gasteiger partial charge >= 0.3 is 0 Å². The lowest BCUT2D eigenvalue weighted by Gasteiger charge is -2.24. The minimum atomic E-state index is 0.173. The zero-order valence-corrected chi connectivity index (χ0v) is 11.8. The molecule has 20 heavy (non-hydrogen) atoms. The lowest BCUT2D eigenvalue weighted by molar-refractivity contribution is -0.127. The molecule has 0 atom stereocenters. The second-order valence-corrected chi connectivity index (χ2v) is 5.84. The van der Waals surface area contributed by atoms with Crippen LogP contribution in [0.3, 0.4) is 0 Å². The number of hydrogen-bond donors (Lipinski definition) is 1. The molecule has 0 spiro atoms. The van der Waals surface area contributed by atoms with Crippen molar-refractivity contribution >= 4 is 5.91 Å². The predicted molar refractivity (Wildman–Crippen MR) is 76.3 cm³/mol. The second kappa shape index (κ2) is 6.25. The maximum absolute atomic E-state index is 11.9. The first-order valence-electron chi connectivity index (χ1n) is 7.71. The number of carbonyl (C=O) groups is 1. The van der Waals surface area contributed by atoms with Gasteiger partial charge in [-0.1, -0.05) is 12.5 Å². The number of amides is 1. The highest BCUT2D eigenvalue weighted by atomic mass is 16.5. The van der Waals surface area contributed by atoms with Crippen molar-refractivity contribution in [2.45, 2.75) is 57.6 Å². The van der Waals surface area contributed by atoms with Crippen LogP contribution in [0.2, 0.25) is 0 Å². The van der Waals surface area contributed by atoms with Gasteiger partial charge in [-0.15, -0.1) is 0 Å². The van der Waals surface area contributed by atoms with E-state index in [1.165, 1.54) is 19.3 Å². The van der Waals surface area contributed by atoms with E-state index in [9.17, 15) is 4.79 Å². The van der Waals surface area contributed by atoms with E-state index in [1.807, 2.05) is 12.1 Å². The maximum Gasteiger partial charge on any atom is 0.223 e. The summed E-state index contributed by atoms with van der Waals surface area (Å²) in [5.74, 6) is 1.09. The van der Waals surface area contributed by atoms with Crippen molar-refractivity contribution in [3.05, 3.63) is 23.9 Å². The lowest BCUT2D eigenvalue weighted by atomic mass is 9.85. The van der Waals surface area contributed by atoms with Crippen molar-refractivity contribution in [2.75, 3.05) is 0 Å². The van der Waals surface area contributed by atoms with Crippen LogP contribution in [0, 0.1) is 5.92 Å². The van der Waals surface area contributed by atoms with Crippen molar-refractivity contribution in [2.24, 2.45) is 5.92 Å². The van der Waals surface area contributed by atoms with Crippen molar-refractivity contribution in [3.8, 4) is 5.88 Å². The highest BCUT2D eigenvalue weighted by molar-refractivity contribution is 5.79. The van der Waals surface area contributed by atoms with Gasteiger partial charge in [-0.3, -0.25) is 4.79 Å².